The van der Waals surface area contributed by atoms with Gasteiger partial charge in [-0.25, -0.2) is 17.2 Å². The fourth-order valence-corrected chi connectivity index (χ4v) is 3.45. The van der Waals surface area contributed by atoms with Crippen LogP contribution in [0, 0.1) is 11.6 Å². The summed E-state index contributed by atoms with van der Waals surface area (Å²) in [6.07, 6.45) is 0.168. The van der Waals surface area contributed by atoms with Gasteiger partial charge in [-0.1, -0.05) is 18.5 Å². The predicted molar refractivity (Wildman–Crippen MR) is 90.8 cm³/mol. The molecule has 2 aromatic rings. The van der Waals surface area contributed by atoms with Crippen molar-refractivity contribution in [3.63, 3.8) is 0 Å². The number of carbonyl (C=O) groups is 1. The van der Waals surface area contributed by atoms with Gasteiger partial charge in [0.2, 0.25) is 15.9 Å². The Bertz CT molecular complexity index is 873. The average molecular weight is 389 g/mol. The fraction of sp³-hybridized carbons (Fsp3) is 0.188. The topological polar surface area (TPSA) is 75.3 Å². The molecule has 0 aliphatic heterocycles. The van der Waals surface area contributed by atoms with E-state index in [1.54, 1.807) is 6.92 Å². The molecule has 0 radical (unpaired) electrons. The van der Waals surface area contributed by atoms with Crippen LogP contribution in [0.2, 0.25) is 5.02 Å². The highest BCUT2D eigenvalue weighted by molar-refractivity contribution is 7.89. The molecule has 0 aliphatic carbocycles. The van der Waals surface area contributed by atoms with Gasteiger partial charge in [0.1, 0.15) is 17.7 Å². The van der Waals surface area contributed by atoms with Gasteiger partial charge >= 0.3 is 0 Å². The summed E-state index contributed by atoms with van der Waals surface area (Å²) >= 11 is 5.64. The summed E-state index contributed by atoms with van der Waals surface area (Å²) in [5.41, 5.74) is 0.232. The Hall–Kier alpha value is -2.03. The maximum absolute atomic E-state index is 13.1. The van der Waals surface area contributed by atoms with Gasteiger partial charge in [-0.2, -0.15) is 4.72 Å². The Morgan fingerprint density at radius 1 is 1.16 bits per heavy atom. The quantitative estimate of drug-likeness (QED) is 0.797. The van der Waals surface area contributed by atoms with Crippen LogP contribution in [0.25, 0.3) is 0 Å². The molecule has 0 aromatic heterocycles. The van der Waals surface area contributed by atoms with Crippen LogP contribution in [0.5, 0.6) is 0 Å². The molecule has 2 N–H and O–H groups in total. The van der Waals surface area contributed by atoms with Crippen molar-refractivity contribution in [3.05, 3.63) is 59.1 Å². The minimum atomic E-state index is -4.00. The van der Waals surface area contributed by atoms with Gasteiger partial charge < -0.3 is 5.32 Å². The van der Waals surface area contributed by atoms with Gasteiger partial charge in [-0.3, -0.25) is 4.79 Å². The summed E-state index contributed by atoms with van der Waals surface area (Å²) in [6.45, 7) is 1.62. The van der Waals surface area contributed by atoms with Crippen LogP contribution in [-0.2, 0) is 14.8 Å². The van der Waals surface area contributed by atoms with Gasteiger partial charge in [-0.05, 0) is 48.9 Å². The summed E-state index contributed by atoms with van der Waals surface area (Å²) in [7, 11) is -4.00. The highest BCUT2D eigenvalue weighted by atomic mass is 35.5. The monoisotopic (exact) mass is 388 g/mol. The normalized spacial score (nSPS) is 12.6. The molecule has 2 aromatic carbocycles. The average Bonchev–Trinajstić information content (AvgIpc) is 2.56. The second kappa shape index (κ2) is 7.90. The Kier molecular flexibility index (Phi) is 6.10. The molecule has 0 heterocycles. The lowest BCUT2D eigenvalue weighted by atomic mass is 10.2. The number of halogens is 3. The van der Waals surface area contributed by atoms with Crippen molar-refractivity contribution in [3.8, 4) is 0 Å². The molecule has 1 amide bonds. The molecule has 0 bridgehead atoms. The van der Waals surface area contributed by atoms with Crippen LogP contribution < -0.4 is 10.0 Å². The highest BCUT2D eigenvalue weighted by Crippen LogP contribution is 2.20. The number of hydrogen-bond donors (Lipinski definition) is 2. The lowest BCUT2D eigenvalue weighted by Gasteiger charge is -2.17. The van der Waals surface area contributed by atoms with Crippen molar-refractivity contribution in [2.45, 2.75) is 24.3 Å². The number of sulfonamides is 1. The minimum absolute atomic E-state index is 0.162. The van der Waals surface area contributed by atoms with Crippen molar-refractivity contribution in [1.82, 2.24) is 4.72 Å². The molecule has 5 nitrogen and oxygen atoms in total. The molecule has 0 spiro atoms. The van der Waals surface area contributed by atoms with E-state index in [-0.39, 0.29) is 22.0 Å². The number of amides is 1. The summed E-state index contributed by atoms with van der Waals surface area (Å²) in [5, 5.41) is 2.30. The smallest absolute Gasteiger partial charge is 0.242 e. The molecule has 2 rings (SSSR count). The lowest BCUT2D eigenvalue weighted by Crippen LogP contribution is -2.43. The Morgan fingerprint density at radius 2 is 1.80 bits per heavy atom. The first-order valence-corrected chi connectivity index (χ1v) is 9.13. The van der Waals surface area contributed by atoms with Gasteiger partial charge in [0.05, 0.1) is 9.92 Å². The zero-order chi connectivity index (χ0) is 18.6. The number of carbonyl (C=O) groups excluding carboxylic acids is 1. The first-order chi connectivity index (χ1) is 11.7. The standard InChI is InChI=1S/C16H15ClF2N2O3S/c1-2-15(16(22)20-11-5-8-14(19)13(17)9-11)21-25(23,24)12-6-3-10(18)4-7-12/h3-9,15,21H,2H2,1H3,(H,20,22). The SMILES string of the molecule is CCC(NS(=O)(=O)c1ccc(F)cc1)C(=O)Nc1ccc(F)c(Cl)c1. The summed E-state index contributed by atoms with van der Waals surface area (Å²) in [6, 6.07) is 6.76. The molecule has 1 unspecified atom stereocenters. The van der Waals surface area contributed by atoms with E-state index in [9.17, 15) is 22.0 Å². The maximum atomic E-state index is 13.1. The van der Waals surface area contributed by atoms with E-state index in [1.165, 1.54) is 12.1 Å². The predicted octanol–water partition coefficient (Wildman–Crippen LogP) is 3.31. The van der Waals surface area contributed by atoms with Gasteiger partial charge in [0.25, 0.3) is 0 Å². The zero-order valence-corrected chi connectivity index (χ0v) is 14.7. The fourth-order valence-electron chi connectivity index (χ4n) is 1.99. The third-order valence-corrected chi connectivity index (χ3v) is 5.11. The molecular formula is C16H15ClF2N2O3S. The molecular weight excluding hydrogens is 374 g/mol. The Morgan fingerprint density at radius 3 is 2.36 bits per heavy atom. The summed E-state index contributed by atoms with van der Waals surface area (Å²) in [5.74, 6) is -1.84. The van der Waals surface area contributed by atoms with E-state index in [1.807, 2.05) is 0 Å². The third-order valence-electron chi connectivity index (χ3n) is 3.33. The third kappa shape index (κ3) is 4.97. The first kappa shape index (κ1) is 19.3. The van der Waals surface area contributed by atoms with E-state index < -0.39 is 33.6 Å². The highest BCUT2D eigenvalue weighted by Gasteiger charge is 2.24. The van der Waals surface area contributed by atoms with Crippen molar-refractivity contribution in [2.75, 3.05) is 5.32 Å². The lowest BCUT2D eigenvalue weighted by molar-refractivity contribution is -0.117. The second-order valence-corrected chi connectivity index (χ2v) is 7.28. The number of rotatable bonds is 6. The largest absolute Gasteiger partial charge is 0.325 e. The maximum Gasteiger partial charge on any atom is 0.242 e. The van der Waals surface area contributed by atoms with Crippen LogP contribution in [-0.4, -0.2) is 20.4 Å². The molecule has 25 heavy (non-hydrogen) atoms. The Labute approximate surface area is 149 Å². The van der Waals surface area contributed by atoms with Crippen molar-refractivity contribution >= 4 is 33.2 Å². The Balaban J connectivity index is 2.13. The minimum Gasteiger partial charge on any atom is -0.325 e. The van der Waals surface area contributed by atoms with E-state index >= 15 is 0 Å². The van der Waals surface area contributed by atoms with E-state index in [2.05, 4.69) is 10.0 Å². The van der Waals surface area contributed by atoms with Crippen LogP contribution in [0.15, 0.2) is 47.4 Å². The summed E-state index contributed by atoms with van der Waals surface area (Å²) in [4.78, 5) is 12.1. The van der Waals surface area contributed by atoms with Gasteiger partial charge in [-0.15, -0.1) is 0 Å². The molecule has 9 heteroatoms. The van der Waals surface area contributed by atoms with Crippen LogP contribution in [0.3, 0.4) is 0 Å². The van der Waals surface area contributed by atoms with Crippen LogP contribution in [0.1, 0.15) is 13.3 Å². The molecule has 0 aliphatic rings. The van der Waals surface area contributed by atoms with Crippen molar-refractivity contribution in [2.24, 2.45) is 0 Å². The molecule has 0 fully saturated rings. The van der Waals surface area contributed by atoms with Crippen molar-refractivity contribution in [1.29, 1.82) is 0 Å². The van der Waals surface area contributed by atoms with E-state index in [0.29, 0.717) is 0 Å². The van der Waals surface area contributed by atoms with Crippen LogP contribution in [0.4, 0.5) is 14.5 Å². The second-order valence-electron chi connectivity index (χ2n) is 5.15. The number of nitrogens with one attached hydrogen (secondary N) is 2. The van der Waals surface area contributed by atoms with E-state index in [4.69, 9.17) is 11.6 Å². The first-order valence-electron chi connectivity index (χ1n) is 7.26. The molecule has 0 saturated heterocycles. The number of anilines is 1. The number of hydrogen-bond acceptors (Lipinski definition) is 3. The number of benzene rings is 2. The van der Waals surface area contributed by atoms with Gasteiger partial charge in [0.15, 0.2) is 0 Å². The zero-order valence-electron chi connectivity index (χ0n) is 13.1. The van der Waals surface area contributed by atoms with Gasteiger partial charge in [0, 0.05) is 5.69 Å². The molecule has 1 atom stereocenters. The van der Waals surface area contributed by atoms with E-state index in [0.717, 1.165) is 30.3 Å². The molecule has 134 valence electrons. The van der Waals surface area contributed by atoms with Crippen molar-refractivity contribution < 1.29 is 22.0 Å². The van der Waals surface area contributed by atoms with Crippen LogP contribution >= 0.6 is 11.6 Å². The molecule has 0 saturated carbocycles. The summed E-state index contributed by atoms with van der Waals surface area (Å²) < 4.78 is 52.9.